The van der Waals surface area contributed by atoms with Gasteiger partial charge in [-0.3, -0.25) is 0 Å². The van der Waals surface area contributed by atoms with Crippen LogP contribution >= 0.6 is 22.9 Å². The van der Waals surface area contributed by atoms with Crippen molar-refractivity contribution in [2.75, 3.05) is 0 Å². The van der Waals surface area contributed by atoms with Crippen molar-refractivity contribution in [1.82, 2.24) is 4.98 Å². The smallest absolute Gasteiger partial charge is 0.244 e. The highest BCUT2D eigenvalue weighted by atomic mass is 35.5. The third kappa shape index (κ3) is 1.57. The molecule has 1 nitrogen and oxygen atoms in total. The van der Waals surface area contributed by atoms with Crippen LogP contribution in [0.3, 0.4) is 0 Å². The van der Waals surface area contributed by atoms with E-state index in [2.05, 4.69) is 4.98 Å². The predicted octanol–water partition coefficient (Wildman–Crippen LogP) is 3.97. The predicted molar refractivity (Wildman–Crippen MR) is 49.6 cm³/mol. The van der Waals surface area contributed by atoms with E-state index < -0.39 is 11.7 Å². The van der Waals surface area contributed by atoms with Gasteiger partial charge in [-0.2, -0.15) is 13.2 Å². The molecule has 1 aromatic carbocycles. The van der Waals surface area contributed by atoms with E-state index in [0.717, 1.165) is 17.4 Å². The number of rotatable bonds is 0. The van der Waals surface area contributed by atoms with E-state index in [0.29, 0.717) is 4.70 Å². The highest BCUT2D eigenvalue weighted by Gasteiger charge is 2.33. The van der Waals surface area contributed by atoms with Gasteiger partial charge < -0.3 is 0 Å². The lowest BCUT2D eigenvalue weighted by molar-refractivity contribution is -0.136. The zero-order valence-corrected chi connectivity index (χ0v) is 8.17. The maximum Gasteiger partial charge on any atom is 0.418 e. The molecule has 74 valence electrons. The number of hydrogen-bond acceptors (Lipinski definition) is 2. The second-order valence-corrected chi connectivity index (χ2v) is 3.97. The number of fused-ring (bicyclic) bond motifs is 1. The molecule has 1 aromatic heterocycles. The summed E-state index contributed by atoms with van der Waals surface area (Å²) in [5.74, 6) is 0. The van der Waals surface area contributed by atoms with E-state index in [4.69, 9.17) is 11.6 Å². The number of halogens is 4. The van der Waals surface area contributed by atoms with E-state index in [1.807, 2.05) is 0 Å². The van der Waals surface area contributed by atoms with Crippen LogP contribution in [0, 0.1) is 0 Å². The summed E-state index contributed by atoms with van der Waals surface area (Å²) in [6.45, 7) is 0. The molecule has 14 heavy (non-hydrogen) atoms. The van der Waals surface area contributed by atoms with Crippen LogP contribution in [0.4, 0.5) is 13.2 Å². The van der Waals surface area contributed by atoms with Crippen molar-refractivity contribution in [3.63, 3.8) is 0 Å². The standard InChI is InChI=1S/C8H3ClF3NS/c9-4-1-5(8(10,11)12)7-6(2-4)14-3-13-7/h1-3H. The minimum absolute atomic E-state index is 0.0353. The third-order valence-corrected chi connectivity index (χ3v) is 2.70. The number of thiazole rings is 1. The average Bonchev–Trinajstić information content (AvgIpc) is 2.47. The van der Waals surface area contributed by atoms with Crippen molar-refractivity contribution in [2.45, 2.75) is 6.18 Å². The first-order chi connectivity index (χ1) is 6.48. The van der Waals surface area contributed by atoms with Gasteiger partial charge in [0, 0.05) is 5.02 Å². The zero-order valence-electron chi connectivity index (χ0n) is 6.60. The summed E-state index contributed by atoms with van der Waals surface area (Å²) < 4.78 is 37.9. The van der Waals surface area contributed by atoms with Gasteiger partial charge in [0.05, 0.1) is 21.3 Å². The molecule has 0 spiro atoms. The van der Waals surface area contributed by atoms with E-state index in [-0.39, 0.29) is 10.5 Å². The van der Waals surface area contributed by atoms with Crippen LogP contribution in [0.5, 0.6) is 0 Å². The van der Waals surface area contributed by atoms with Crippen LogP contribution in [-0.2, 0) is 6.18 Å². The first-order valence-electron chi connectivity index (χ1n) is 3.58. The summed E-state index contributed by atoms with van der Waals surface area (Å²) in [7, 11) is 0. The molecule has 2 aromatic rings. The van der Waals surface area contributed by atoms with Gasteiger partial charge >= 0.3 is 6.18 Å². The second-order valence-electron chi connectivity index (χ2n) is 2.65. The number of hydrogen-bond donors (Lipinski definition) is 0. The largest absolute Gasteiger partial charge is 0.418 e. The lowest BCUT2D eigenvalue weighted by atomic mass is 10.2. The molecule has 0 bridgehead atoms. The zero-order chi connectivity index (χ0) is 10.3. The summed E-state index contributed by atoms with van der Waals surface area (Å²) in [4.78, 5) is 3.67. The Bertz CT molecular complexity index is 477. The van der Waals surface area contributed by atoms with Crippen LogP contribution in [0.1, 0.15) is 5.56 Å². The summed E-state index contributed by atoms with van der Waals surface area (Å²) in [6, 6.07) is 2.37. The average molecular weight is 238 g/mol. The van der Waals surface area contributed by atoms with Gasteiger partial charge in [0.2, 0.25) is 0 Å². The molecule has 0 aliphatic heterocycles. The summed E-state index contributed by atoms with van der Waals surface area (Å²) in [5, 5.41) is 0.0778. The van der Waals surface area contributed by atoms with Gasteiger partial charge in [-0.25, -0.2) is 4.98 Å². The Morgan fingerprint density at radius 3 is 2.64 bits per heavy atom. The molecule has 0 saturated heterocycles. The van der Waals surface area contributed by atoms with Crippen LogP contribution in [0.2, 0.25) is 5.02 Å². The molecule has 0 saturated carbocycles. The van der Waals surface area contributed by atoms with E-state index >= 15 is 0 Å². The van der Waals surface area contributed by atoms with Crippen molar-refractivity contribution >= 4 is 33.2 Å². The Labute approximate surface area is 86.1 Å². The Kier molecular flexibility index (Phi) is 2.16. The Morgan fingerprint density at radius 2 is 2.00 bits per heavy atom. The van der Waals surface area contributed by atoms with Crippen molar-refractivity contribution in [3.05, 3.63) is 28.2 Å². The summed E-state index contributed by atoms with van der Waals surface area (Å²) in [5.41, 5.74) is 0.559. The number of aromatic nitrogens is 1. The quantitative estimate of drug-likeness (QED) is 0.676. The van der Waals surface area contributed by atoms with E-state index in [9.17, 15) is 13.2 Å². The van der Waals surface area contributed by atoms with Gasteiger partial charge in [0.25, 0.3) is 0 Å². The molecule has 6 heteroatoms. The number of nitrogens with zero attached hydrogens (tertiary/aromatic N) is 1. The monoisotopic (exact) mass is 237 g/mol. The first-order valence-corrected chi connectivity index (χ1v) is 4.84. The number of benzene rings is 1. The summed E-state index contributed by atoms with van der Waals surface area (Å²) >= 11 is 6.70. The fourth-order valence-electron chi connectivity index (χ4n) is 1.15. The van der Waals surface area contributed by atoms with Crippen LogP contribution in [-0.4, -0.2) is 4.98 Å². The Morgan fingerprint density at radius 1 is 1.29 bits per heavy atom. The molecule has 0 unspecified atom stereocenters. The van der Waals surface area contributed by atoms with Crippen LogP contribution in [0.15, 0.2) is 17.6 Å². The van der Waals surface area contributed by atoms with Crippen LogP contribution < -0.4 is 0 Å². The van der Waals surface area contributed by atoms with Crippen molar-refractivity contribution in [3.8, 4) is 0 Å². The van der Waals surface area contributed by atoms with Crippen molar-refractivity contribution in [2.24, 2.45) is 0 Å². The van der Waals surface area contributed by atoms with Gasteiger partial charge in [-0.05, 0) is 12.1 Å². The number of alkyl halides is 3. The highest BCUT2D eigenvalue weighted by Crippen LogP contribution is 2.37. The summed E-state index contributed by atoms with van der Waals surface area (Å²) in [6.07, 6.45) is -4.41. The molecular formula is C8H3ClF3NS. The highest BCUT2D eigenvalue weighted by molar-refractivity contribution is 7.16. The second kappa shape index (κ2) is 3.10. The molecule has 0 N–H and O–H groups in total. The topological polar surface area (TPSA) is 12.9 Å². The fourth-order valence-corrected chi connectivity index (χ4v) is 2.17. The minimum atomic E-state index is -4.41. The molecule has 1 heterocycles. The van der Waals surface area contributed by atoms with Crippen molar-refractivity contribution in [1.29, 1.82) is 0 Å². The minimum Gasteiger partial charge on any atom is -0.244 e. The molecule has 0 aliphatic carbocycles. The molecule has 0 amide bonds. The van der Waals surface area contributed by atoms with Gasteiger partial charge in [0.1, 0.15) is 0 Å². The molecule has 0 atom stereocenters. The fraction of sp³-hybridized carbons (Fsp3) is 0.125. The maximum absolute atomic E-state index is 12.5. The lowest BCUT2D eigenvalue weighted by Gasteiger charge is -2.07. The maximum atomic E-state index is 12.5. The lowest BCUT2D eigenvalue weighted by Crippen LogP contribution is -2.05. The SMILES string of the molecule is FC(F)(F)c1cc(Cl)cc2scnc12. The Hall–Kier alpha value is -0.810. The van der Waals surface area contributed by atoms with Crippen molar-refractivity contribution < 1.29 is 13.2 Å². The van der Waals surface area contributed by atoms with Gasteiger partial charge in [0.15, 0.2) is 0 Å². The third-order valence-electron chi connectivity index (χ3n) is 1.71. The van der Waals surface area contributed by atoms with Crippen LogP contribution in [0.25, 0.3) is 10.2 Å². The first kappa shape index (κ1) is 9.73. The molecular weight excluding hydrogens is 235 g/mol. The van der Waals surface area contributed by atoms with E-state index in [1.54, 1.807) is 0 Å². The molecule has 2 rings (SSSR count). The Balaban J connectivity index is 2.80. The van der Waals surface area contributed by atoms with Gasteiger partial charge in [-0.1, -0.05) is 11.6 Å². The molecule has 0 fully saturated rings. The van der Waals surface area contributed by atoms with Gasteiger partial charge in [-0.15, -0.1) is 11.3 Å². The molecule has 0 radical (unpaired) electrons. The molecule has 0 aliphatic rings. The normalized spacial score (nSPS) is 12.3. The van der Waals surface area contributed by atoms with E-state index in [1.165, 1.54) is 11.6 Å².